The average Bonchev–Trinajstić information content (AvgIpc) is 3.32. The molecule has 3 aromatic rings. The maximum atomic E-state index is 12.1. The standard InChI is InChI=1S/C16H13F2N5O3/c17-12(18)8-24-14-7-20-11(6-21-14)15-22-16(26-23-15)9-3-4-19-13(5-9)25-10-1-2-10/h3-7,10,12H,1-2,8H2. The van der Waals surface area contributed by atoms with Gasteiger partial charge in [-0.05, 0) is 18.9 Å². The molecule has 1 saturated carbocycles. The fraction of sp³-hybridized carbons (Fsp3) is 0.312. The van der Waals surface area contributed by atoms with Crippen LogP contribution in [-0.2, 0) is 0 Å². The van der Waals surface area contributed by atoms with Crippen LogP contribution in [0.4, 0.5) is 8.78 Å². The summed E-state index contributed by atoms with van der Waals surface area (Å²) in [6.45, 7) is -0.742. The molecule has 1 fully saturated rings. The molecule has 1 aliphatic rings. The molecular weight excluding hydrogens is 348 g/mol. The van der Waals surface area contributed by atoms with Gasteiger partial charge in [0.15, 0.2) is 6.61 Å². The van der Waals surface area contributed by atoms with Gasteiger partial charge in [-0.2, -0.15) is 4.98 Å². The summed E-state index contributed by atoms with van der Waals surface area (Å²) in [5, 5.41) is 3.86. The molecule has 0 aliphatic heterocycles. The summed E-state index contributed by atoms with van der Waals surface area (Å²) in [7, 11) is 0. The van der Waals surface area contributed by atoms with Gasteiger partial charge in [0, 0.05) is 17.8 Å². The van der Waals surface area contributed by atoms with Crippen LogP contribution in [0.15, 0.2) is 35.2 Å². The fourth-order valence-corrected chi connectivity index (χ4v) is 2.06. The average molecular weight is 361 g/mol. The molecule has 0 unspecified atom stereocenters. The second kappa shape index (κ2) is 6.98. The van der Waals surface area contributed by atoms with Gasteiger partial charge < -0.3 is 14.0 Å². The first-order valence-corrected chi connectivity index (χ1v) is 7.87. The van der Waals surface area contributed by atoms with Crippen LogP contribution in [0.5, 0.6) is 11.8 Å². The Balaban J connectivity index is 1.49. The SMILES string of the molecule is FC(F)COc1cnc(-c2noc(-c3ccnc(OC4CC4)c3)n2)cn1. The summed E-state index contributed by atoms with van der Waals surface area (Å²) in [5.74, 6) is 0.996. The summed E-state index contributed by atoms with van der Waals surface area (Å²) in [6.07, 6.45) is 3.87. The number of hydrogen-bond donors (Lipinski definition) is 0. The molecule has 0 saturated heterocycles. The number of alkyl halides is 2. The molecule has 26 heavy (non-hydrogen) atoms. The topological polar surface area (TPSA) is 96.1 Å². The molecule has 0 amide bonds. The highest BCUT2D eigenvalue weighted by atomic mass is 19.3. The first kappa shape index (κ1) is 16.3. The Morgan fingerprint density at radius 1 is 1.15 bits per heavy atom. The minimum Gasteiger partial charge on any atom is -0.474 e. The highest BCUT2D eigenvalue weighted by Gasteiger charge is 2.24. The summed E-state index contributed by atoms with van der Waals surface area (Å²) in [4.78, 5) is 16.4. The Hall–Kier alpha value is -3.17. The molecule has 4 rings (SSSR count). The van der Waals surface area contributed by atoms with E-state index in [1.807, 2.05) is 0 Å². The van der Waals surface area contributed by atoms with Crippen LogP contribution in [0.3, 0.4) is 0 Å². The molecular formula is C16H13F2N5O3. The molecule has 0 bridgehead atoms. The quantitative estimate of drug-likeness (QED) is 0.634. The highest BCUT2D eigenvalue weighted by Crippen LogP contribution is 2.28. The van der Waals surface area contributed by atoms with Gasteiger partial charge in [0.1, 0.15) is 11.8 Å². The van der Waals surface area contributed by atoms with E-state index in [0.29, 0.717) is 17.1 Å². The van der Waals surface area contributed by atoms with E-state index in [4.69, 9.17) is 14.0 Å². The first-order valence-electron chi connectivity index (χ1n) is 7.87. The van der Waals surface area contributed by atoms with E-state index in [1.165, 1.54) is 12.4 Å². The van der Waals surface area contributed by atoms with E-state index >= 15 is 0 Å². The lowest BCUT2D eigenvalue weighted by Gasteiger charge is -2.03. The molecule has 0 atom stereocenters. The van der Waals surface area contributed by atoms with Crippen molar-refractivity contribution in [2.75, 3.05) is 6.61 Å². The molecule has 0 N–H and O–H groups in total. The van der Waals surface area contributed by atoms with Gasteiger partial charge in [-0.3, -0.25) is 0 Å². The summed E-state index contributed by atoms with van der Waals surface area (Å²) >= 11 is 0. The Bertz CT molecular complexity index is 884. The molecule has 0 radical (unpaired) electrons. The lowest BCUT2D eigenvalue weighted by atomic mass is 10.2. The van der Waals surface area contributed by atoms with Crippen LogP contribution in [0, 0.1) is 0 Å². The zero-order valence-electron chi connectivity index (χ0n) is 13.4. The van der Waals surface area contributed by atoms with E-state index in [0.717, 1.165) is 12.8 Å². The lowest BCUT2D eigenvalue weighted by Crippen LogP contribution is -2.08. The van der Waals surface area contributed by atoms with Crippen LogP contribution in [0.1, 0.15) is 12.8 Å². The number of nitrogens with zero attached hydrogens (tertiary/aromatic N) is 5. The van der Waals surface area contributed by atoms with Crippen LogP contribution in [0.25, 0.3) is 23.0 Å². The van der Waals surface area contributed by atoms with Gasteiger partial charge in [-0.1, -0.05) is 5.16 Å². The van der Waals surface area contributed by atoms with Crippen LogP contribution >= 0.6 is 0 Å². The van der Waals surface area contributed by atoms with E-state index in [-0.39, 0.29) is 23.7 Å². The van der Waals surface area contributed by atoms with Gasteiger partial charge >= 0.3 is 0 Å². The van der Waals surface area contributed by atoms with Crippen LogP contribution in [-0.4, -0.2) is 44.2 Å². The number of hydrogen-bond acceptors (Lipinski definition) is 8. The zero-order valence-corrected chi connectivity index (χ0v) is 13.4. The Kier molecular flexibility index (Phi) is 4.38. The van der Waals surface area contributed by atoms with Gasteiger partial charge in [0.05, 0.1) is 12.4 Å². The number of pyridine rings is 1. The highest BCUT2D eigenvalue weighted by molar-refractivity contribution is 5.57. The predicted molar refractivity (Wildman–Crippen MR) is 83.7 cm³/mol. The van der Waals surface area contributed by atoms with Gasteiger partial charge in [0.2, 0.25) is 17.6 Å². The molecule has 0 spiro atoms. The number of rotatable bonds is 7. The van der Waals surface area contributed by atoms with E-state index < -0.39 is 13.0 Å². The van der Waals surface area contributed by atoms with Crippen molar-refractivity contribution in [3.63, 3.8) is 0 Å². The molecule has 3 aromatic heterocycles. The minimum atomic E-state index is -2.58. The van der Waals surface area contributed by atoms with Crippen molar-refractivity contribution in [3.8, 4) is 34.7 Å². The van der Waals surface area contributed by atoms with E-state index in [9.17, 15) is 8.78 Å². The van der Waals surface area contributed by atoms with Crippen molar-refractivity contribution in [2.45, 2.75) is 25.4 Å². The Morgan fingerprint density at radius 2 is 2.04 bits per heavy atom. The summed E-state index contributed by atoms with van der Waals surface area (Å²) in [6, 6.07) is 3.45. The normalized spacial score (nSPS) is 13.8. The monoisotopic (exact) mass is 361 g/mol. The second-order valence-corrected chi connectivity index (χ2v) is 5.57. The third-order valence-electron chi connectivity index (χ3n) is 3.43. The predicted octanol–water partition coefficient (Wildman–Crippen LogP) is 2.77. The summed E-state index contributed by atoms with van der Waals surface area (Å²) in [5.41, 5.74) is 0.993. The Morgan fingerprint density at radius 3 is 2.77 bits per heavy atom. The lowest BCUT2D eigenvalue weighted by molar-refractivity contribution is 0.0794. The first-order chi connectivity index (χ1) is 12.7. The fourth-order valence-electron chi connectivity index (χ4n) is 2.06. The third kappa shape index (κ3) is 3.90. The van der Waals surface area contributed by atoms with Crippen molar-refractivity contribution in [3.05, 3.63) is 30.7 Å². The van der Waals surface area contributed by atoms with Crippen molar-refractivity contribution in [2.24, 2.45) is 0 Å². The maximum Gasteiger partial charge on any atom is 0.272 e. The largest absolute Gasteiger partial charge is 0.474 e. The van der Waals surface area contributed by atoms with Gasteiger partial charge in [0.25, 0.3) is 12.3 Å². The number of aromatic nitrogens is 5. The molecule has 8 nitrogen and oxygen atoms in total. The van der Waals surface area contributed by atoms with E-state index in [1.54, 1.807) is 18.3 Å². The molecule has 0 aromatic carbocycles. The summed E-state index contributed by atoms with van der Waals surface area (Å²) < 4.78 is 39.9. The van der Waals surface area contributed by atoms with Crippen LogP contribution in [0.2, 0.25) is 0 Å². The second-order valence-electron chi connectivity index (χ2n) is 5.57. The van der Waals surface area contributed by atoms with Crippen LogP contribution < -0.4 is 9.47 Å². The van der Waals surface area contributed by atoms with Gasteiger partial charge in [-0.15, -0.1) is 0 Å². The van der Waals surface area contributed by atoms with Crippen molar-refractivity contribution < 1.29 is 22.8 Å². The number of ether oxygens (including phenoxy) is 2. The molecule has 1 aliphatic carbocycles. The molecule has 134 valence electrons. The Labute approximate surface area is 146 Å². The number of halogens is 2. The smallest absolute Gasteiger partial charge is 0.272 e. The minimum absolute atomic E-state index is 0.00577. The van der Waals surface area contributed by atoms with Crippen molar-refractivity contribution in [1.29, 1.82) is 0 Å². The van der Waals surface area contributed by atoms with Crippen molar-refractivity contribution in [1.82, 2.24) is 25.1 Å². The molecule has 3 heterocycles. The third-order valence-corrected chi connectivity index (χ3v) is 3.43. The zero-order chi connectivity index (χ0) is 17.9. The van der Waals surface area contributed by atoms with Gasteiger partial charge in [-0.25, -0.2) is 23.7 Å². The maximum absolute atomic E-state index is 12.1. The molecule has 10 heteroatoms. The van der Waals surface area contributed by atoms with Crippen molar-refractivity contribution >= 4 is 0 Å². The van der Waals surface area contributed by atoms with E-state index in [2.05, 4.69) is 25.1 Å².